The summed E-state index contributed by atoms with van der Waals surface area (Å²) < 4.78 is 5.60. The molecule has 1 fully saturated rings. The van der Waals surface area contributed by atoms with E-state index in [1.165, 1.54) is 12.8 Å². The van der Waals surface area contributed by atoms with Crippen molar-refractivity contribution in [3.05, 3.63) is 0 Å². The maximum atomic E-state index is 5.60. The zero-order valence-electron chi connectivity index (χ0n) is 8.71. The van der Waals surface area contributed by atoms with Crippen molar-refractivity contribution < 1.29 is 4.74 Å². The summed E-state index contributed by atoms with van der Waals surface area (Å²) in [6, 6.07) is 1.40. The Balaban J connectivity index is 2.24. The summed E-state index contributed by atoms with van der Waals surface area (Å²) >= 11 is 0. The molecule has 72 valence electrons. The highest BCUT2D eigenvalue weighted by atomic mass is 16.5. The minimum atomic E-state index is 0.370. The number of likely N-dealkylation sites (tertiary alicyclic amines) is 1. The molecular weight excluding hydrogens is 150 g/mol. The smallest absolute Gasteiger partial charge is 0.0625 e. The molecule has 1 heterocycles. The Labute approximate surface area is 75.9 Å². The third-order valence-corrected chi connectivity index (χ3v) is 2.81. The molecule has 1 rings (SSSR count). The summed E-state index contributed by atoms with van der Waals surface area (Å²) in [4.78, 5) is 2.43. The third-order valence-electron chi connectivity index (χ3n) is 2.81. The molecule has 0 spiro atoms. The minimum Gasteiger partial charge on any atom is -0.377 e. The average Bonchev–Trinajstić information content (AvgIpc) is 2.30. The Morgan fingerprint density at radius 2 is 2.08 bits per heavy atom. The number of nitrogens with zero attached hydrogens (tertiary/aromatic N) is 1. The van der Waals surface area contributed by atoms with Crippen molar-refractivity contribution in [2.75, 3.05) is 13.7 Å². The summed E-state index contributed by atoms with van der Waals surface area (Å²) in [6.07, 6.45) is 2.99. The van der Waals surface area contributed by atoms with Gasteiger partial charge in [0.2, 0.25) is 0 Å². The van der Waals surface area contributed by atoms with Gasteiger partial charge in [0.1, 0.15) is 0 Å². The Morgan fingerprint density at radius 3 is 2.50 bits per heavy atom. The summed E-state index contributed by atoms with van der Waals surface area (Å²) in [5.41, 5.74) is 0. The number of rotatable bonds is 3. The zero-order chi connectivity index (χ0) is 9.14. The van der Waals surface area contributed by atoms with E-state index in [2.05, 4.69) is 32.7 Å². The van der Waals surface area contributed by atoms with Crippen molar-refractivity contribution in [2.45, 2.75) is 51.8 Å². The van der Waals surface area contributed by atoms with E-state index in [1.807, 2.05) is 0 Å². The van der Waals surface area contributed by atoms with Gasteiger partial charge in [-0.05, 0) is 40.7 Å². The second-order valence-electron chi connectivity index (χ2n) is 4.13. The van der Waals surface area contributed by atoms with Gasteiger partial charge in [-0.2, -0.15) is 0 Å². The van der Waals surface area contributed by atoms with Crippen LogP contribution in [0.3, 0.4) is 0 Å². The van der Waals surface area contributed by atoms with Crippen molar-refractivity contribution in [1.82, 2.24) is 4.90 Å². The molecule has 2 nitrogen and oxygen atoms in total. The quantitative estimate of drug-likeness (QED) is 0.643. The molecule has 0 amide bonds. The average molecular weight is 171 g/mol. The summed E-state index contributed by atoms with van der Waals surface area (Å²) in [6.45, 7) is 7.38. The molecule has 2 heteroatoms. The van der Waals surface area contributed by atoms with E-state index in [9.17, 15) is 0 Å². The fourth-order valence-corrected chi connectivity index (χ4v) is 1.71. The molecule has 0 aromatic heterocycles. The SMILES string of the molecule is CC(C)OCC1CCC(C)N1C. The second-order valence-corrected chi connectivity index (χ2v) is 4.13. The Bertz CT molecular complexity index is 136. The van der Waals surface area contributed by atoms with Gasteiger partial charge < -0.3 is 4.74 Å². The van der Waals surface area contributed by atoms with Crippen LogP contribution < -0.4 is 0 Å². The van der Waals surface area contributed by atoms with E-state index < -0.39 is 0 Å². The van der Waals surface area contributed by atoms with Gasteiger partial charge in [-0.1, -0.05) is 0 Å². The Morgan fingerprint density at radius 1 is 1.42 bits per heavy atom. The molecule has 2 atom stereocenters. The van der Waals surface area contributed by atoms with Gasteiger partial charge in [0, 0.05) is 12.1 Å². The summed E-state index contributed by atoms with van der Waals surface area (Å²) in [5.74, 6) is 0. The van der Waals surface area contributed by atoms with Gasteiger partial charge in [-0.25, -0.2) is 0 Å². The molecule has 2 unspecified atom stereocenters. The first-order valence-electron chi connectivity index (χ1n) is 4.94. The molecule has 1 aliphatic rings. The molecular formula is C10H21NO. The molecule has 0 N–H and O–H groups in total. The normalized spacial score (nSPS) is 31.8. The topological polar surface area (TPSA) is 12.5 Å². The first-order valence-corrected chi connectivity index (χ1v) is 4.94. The van der Waals surface area contributed by atoms with Crippen molar-refractivity contribution in [3.63, 3.8) is 0 Å². The van der Waals surface area contributed by atoms with Crippen LogP contribution in [0.1, 0.15) is 33.6 Å². The van der Waals surface area contributed by atoms with Crippen LogP contribution in [-0.2, 0) is 4.74 Å². The molecule has 0 aromatic rings. The van der Waals surface area contributed by atoms with Crippen molar-refractivity contribution in [1.29, 1.82) is 0 Å². The predicted octanol–water partition coefficient (Wildman–Crippen LogP) is 1.89. The highest BCUT2D eigenvalue weighted by Crippen LogP contribution is 2.21. The van der Waals surface area contributed by atoms with Crippen LogP contribution in [0.2, 0.25) is 0 Å². The lowest BCUT2D eigenvalue weighted by Crippen LogP contribution is -2.34. The standard InChI is InChI=1S/C10H21NO/c1-8(2)12-7-10-6-5-9(3)11(10)4/h8-10H,5-7H2,1-4H3. The maximum Gasteiger partial charge on any atom is 0.0625 e. The molecule has 0 saturated carbocycles. The van der Waals surface area contributed by atoms with Crippen molar-refractivity contribution >= 4 is 0 Å². The van der Waals surface area contributed by atoms with Gasteiger partial charge >= 0.3 is 0 Å². The Kier molecular flexibility index (Phi) is 3.53. The second kappa shape index (κ2) is 4.24. The fraction of sp³-hybridized carbons (Fsp3) is 1.00. The molecule has 0 aliphatic carbocycles. The molecule has 0 radical (unpaired) electrons. The van der Waals surface area contributed by atoms with Crippen LogP contribution >= 0.6 is 0 Å². The van der Waals surface area contributed by atoms with E-state index >= 15 is 0 Å². The lowest BCUT2D eigenvalue weighted by Gasteiger charge is -2.23. The predicted molar refractivity (Wildman–Crippen MR) is 51.3 cm³/mol. The van der Waals surface area contributed by atoms with Crippen LogP contribution in [-0.4, -0.2) is 36.7 Å². The maximum absolute atomic E-state index is 5.60. The zero-order valence-corrected chi connectivity index (χ0v) is 8.71. The van der Waals surface area contributed by atoms with E-state index in [-0.39, 0.29) is 0 Å². The van der Waals surface area contributed by atoms with Gasteiger partial charge in [0.05, 0.1) is 12.7 Å². The first kappa shape index (κ1) is 10.0. The fourth-order valence-electron chi connectivity index (χ4n) is 1.71. The van der Waals surface area contributed by atoms with E-state index in [0.29, 0.717) is 12.1 Å². The minimum absolute atomic E-state index is 0.370. The van der Waals surface area contributed by atoms with Crippen molar-refractivity contribution in [2.24, 2.45) is 0 Å². The Hall–Kier alpha value is -0.0800. The molecule has 1 saturated heterocycles. The van der Waals surface area contributed by atoms with Crippen LogP contribution in [0, 0.1) is 0 Å². The van der Waals surface area contributed by atoms with E-state index in [0.717, 1.165) is 12.6 Å². The van der Waals surface area contributed by atoms with Crippen LogP contribution in [0.4, 0.5) is 0 Å². The molecule has 1 aliphatic heterocycles. The highest BCUT2D eigenvalue weighted by molar-refractivity contribution is 4.82. The van der Waals surface area contributed by atoms with Gasteiger partial charge in [-0.15, -0.1) is 0 Å². The van der Waals surface area contributed by atoms with Crippen LogP contribution in [0.5, 0.6) is 0 Å². The number of hydrogen-bond acceptors (Lipinski definition) is 2. The lowest BCUT2D eigenvalue weighted by atomic mass is 10.2. The van der Waals surface area contributed by atoms with Gasteiger partial charge in [-0.3, -0.25) is 4.90 Å². The first-order chi connectivity index (χ1) is 5.61. The van der Waals surface area contributed by atoms with Crippen LogP contribution in [0.25, 0.3) is 0 Å². The largest absolute Gasteiger partial charge is 0.377 e. The molecule has 12 heavy (non-hydrogen) atoms. The summed E-state index contributed by atoms with van der Waals surface area (Å²) in [7, 11) is 2.20. The van der Waals surface area contributed by atoms with E-state index in [1.54, 1.807) is 0 Å². The van der Waals surface area contributed by atoms with E-state index in [4.69, 9.17) is 4.74 Å². The lowest BCUT2D eigenvalue weighted by molar-refractivity contribution is 0.0383. The number of likely N-dealkylation sites (N-methyl/N-ethyl adjacent to an activating group) is 1. The van der Waals surface area contributed by atoms with Crippen LogP contribution in [0.15, 0.2) is 0 Å². The number of ether oxygens (including phenoxy) is 1. The number of hydrogen-bond donors (Lipinski definition) is 0. The molecule has 0 bridgehead atoms. The van der Waals surface area contributed by atoms with Crippen molar-refractivity contribution in [3.8, 4) is 0 Å². The molecule has 0 aromatic carbocycles. The summed E-state index contributed by atoms with van der Waals surface area (Å²) in [5, 5.41) is 0. The van der Waals surface area contributed by atoms with Gasteiger partial charge in [0.15, 0.2) is 0 Å². The van der Waals surface area contributed by atoms with Gasteiger partial charge in [0.25, 0.3) is 0 Å². The third kappa shape index (κ3) is 2.46. The monoisotopic (exact) mass is 171 g/mol. The highest BCUT2D eigenvalue weighted by Gasteiger charge is 2.27.